The molecule has 3 rings (SSSR count). The van der Waals surface area contributed by atoms with Gasteiger partial charge in [0.15, 0.2) is 21.6 Å². The molecule has 0 amide bonds. The van der Waals surface area contributed by atoms with Crippen molar-refractivity contribution in [1.82, 2.24) is 0 Å². The standard InChI is InChI=1S/C14H9ClO4S3/c15-22(16,17)11-5-1-4-10(18-12-6-2-8-20-12)14(11)19-13-7-3-9-21-13/h1-9H. The molecule has 0 atom stereocenters. The maximum absolute atomic E-state index is 11.8. The van der Waals surface area contributed by atoms with Gasteiger partial charge in [-0.25, -0.2) is 8.42 Å². The Labute approximate surface area is 139 Å². The highest BCUT2D eigenvalue weighted by molar-refractivity contribution is 8.13. The molecule has 0 aliphatic rings. The summed E-state index contributed by atoms with van der Waals surface area (Å²) in [5, 5.41) is 4.86. The van der Waals surface area contributed by atoms with Gasteiger partial charge < -0.3 is 9.47 Å². The van der Waals surface area contributed by atoms with Gasteiger partial charge in [-0.05, 0) is 47.2 Å². The normalized spacial score (nSPS) is 11.3. The molecule has 1 aromatic carbocycles. The van der Waals surface area contributed by atoms with Crippen LogP contribution in [0.25, 0.3) is 0 Å². The van der Waals surface area contributed by atoms with E-state index in [0.717, 1.165) is 0 Å². The van der Waals surface area contributed by atoms with Crippen molar-refractivity contribution in [2.24, 2.45) is 0 Å². The predicted octanol–water partition coefficient (Wildman–Crippen LogP) is 5.32. The van der Waals surface area contributed by atoms with Gasteiger partial charge in [0.25, 0.3) is 9.05 Å². The van der Waals surface area contributed by atoms with E-state index in [1.54, 1.807) is 30.3 Å². The summed E-state index contributed by atoms with van der Waals surface area (Å²) >= 11 is 2.73. The highest BCUT2D eigenvalue weighted by Crippen LogP contribution is 2.42. The fraction of sp³-hybridized carbons (Fsp3) is 0. The Balaban J connectivity index is 2.08. The fourth-order valence-corrected chi connectivity index (χ4v) is 3.86. The number of ether oxygens (including phenoxy) is 2. The summed E-state index contributed by atoms with van der Waals surface area (Å²) in [4.78, 5) is -0.128. The predicted molar refractivity (Wildman–Crippen MR) is 88.3 cm³/mol. The Morgan fingerprint density at radius 3 is 2.05 bits per heavy atom. The Morgan fingerprint density at radius 1 is 0.864 bits per heavy atom. The van der Waals surface area contributed by atoms with Crippen molar-refractivity contribution in [3.63, 3.8) is 0 Å². The second kappa shape index (κ2) is 6.29. The Kier molecular flexibility index (Phi) is 4.39. The van der Waals surface area contributed by atoms with E-state index in [-0.39, 0.29) is 16.4 Å². The van der Waals surface area contributed by atoms with Gasteiger partial charge >= 0.3 is 0 Å². The molecule has 4 nitrogen and oxygen atoms in total. The van der Waals surface area contributed by atoms with Crippen LogP contribution in [0, 0.1) is 0 Å². The van der Waals surface area contributed by atoms with E-state index in [9.17, 15) is 8.42 Å². The van der Waals surface area contributed by atoms with Crippen molar-refractivity contribution in [2.75, 3.05) is 0 Å². The van der Waals surface area contributed by atoms with Crippen LogP contribution in [0.2, 0.25) is 0 Å². The zero-order valence-corrected chi connectivity index (χ0v) is 14.1. The van der Waals surface area contributed by atoms with E-state index < -0.39 is 9.05 Å². The lowest BCUT2D eigenvalue weighted by Gasteiger charge is -2.12. The summed E-state index contributed by atoms with van der Waals surface area (Å²) in [6.07, 6.45) is 0. The second-order valence-corrected chi connectivity index (χ2v) is 8.44. The van der Waals surface area contributed by atoms with E-state index in [2.05, 4.69) is 0 Å². The SMILES string of the molecule is O=S(=O)(Cl)c1cccc(Oc2cccs2)c1Oc1cccs1. The summed E-state index contributed by atoms with van der Waals surface area (Å²) < 4.78 is 34.9. The molecular weight excluding hydrogens is 364 g/mol. The van der Waals surface area contributed by atoms with Gasteiger partial charge in [0.05, 0.1) is 0 Å². The summed E-state index contributed by atoms with van der Waals surface area (Å²) in [5.41, 5.74) is 0. The fourth-order valence-electron chi connectivity index (χ4n) is 1.72. The molecule has 0 aliphatic heterocycles. The van der Waals surface area contributed by atoms with Gasteiger partial charge in [0.1, 0.15) is 4.90 Å². The number of benzene rings is 1. The smallest absolute Gasteiger partial charge is 0.265 e. The quantitative estimate of drug-likeness (QED) is 0.568. The first kappa shape index (κ1) is 15.4. The highest BCUT2D eigenvalue weighted by atomic mass is 35.7. The maximum Gasteiger partial charge on any atom is 0.265 e. The second-order valence-electron chi connectivity index (χ2n) is 4.09. The lowest BCUT2D eigenvalue weighted by atomic mass is 10.3. The minimum atomic E-state index is -3.96. The van der Waals surface area contributed by atoms with E-state index in [4.69, 9.17) is 20.2 Å². The molecular formula is C14H9ClO4S3. The first-order valence-corrected chi connectivity index (χ1v) is 10.1. The van der Waals surface area contributed by atoms with Crippen LogP contribution in [0.5, 0.6) is 21.6 Å². The van der Waals surface area contributed by atoms with Crippen LogP contribution in [0.4, 0.5) is 0 Å². The third-order valence-electron chi connectivity index (χ3n) is 2.61. The summed E-state index contributed by atoms with van der Waals surface area (Å²) in [7, 11) is 1.54. The van der Waals surface area contributed by atoms with Crippen LogP contribution < -0.4 is 9.47 Å². The first-order valence-electron chi connectivity index (χ1n) is 6.04. The lowest BCUT2D eigenvalue weighted by molar-refractivity contribution is 0.421. The van der Waals surface area contributed by atoms with E-state index >= 15 is 0 Å². The first-order chi connectivity index (χ1) is 10.5. The van der Waals surface area contributed by atoms with Crippen molar-refractivity contribution in [3.8, 4) is 21.6 Å². The summed E-state index contributed by atoms with van der Waals surface area (Å²) in [6, 6.07) is 11.7. The highest BCUT2D eigenvalue weighted by Gasteiger charge is 2.22. The molecule has 22 heavy (non-hydrogen) atoms. The molecule has 0 fully saturated rings. The molecule has 0 saturated heterocycles. The monoisotopic (exact) mass is 372 g/mol. The van der Waals surface area contributed by atoms with Gasteiger partial charge in [-0.2, -0.15) is 0 Å². The van der Waals surface area contributed by atoms with Crippen molar-refractivity contribution in [1.29, 1.82) is 0 Å². The Bertz CT molecular complexity index is 856. The van der Waals surface area contributed by atoms with E-state index in [0.29, 0.717) is 10.1 Å². The van der Waals surface area contributed by atoms with Crippen molar-refractivity contribution in [2.45, 2.75) is 4.90 Å². The topological polar surface area (TPSA) is 52.6 Å². The zero-order valence-electron chi connectivity index (χ0n) is 10.9. The van der Waals surface area contributed by atoms with Gasteiger partial charge in [-0.15, -0.1) is 22.7 Å². The number of para-hydroxylation sites is 1. The Hall–Kier alpha value is -1.54. The van der Waals surface area contributed by atoms with Crippen LogP contribution in [-0.4, -0.2) is 8.42 Å². The molecule has 0 N–H and O–H groups in total. The number of thiophene rings is 2. The molecule has 0 radical (unpaired) electrons. The Morgan fingerprint density at radius 2 is 1.50 bits per heavy atom. The molecule has 2 heterocycles. The van der Waals surface area contributed by atoms with Crippen molar-refractivity contribution < 1.29 is 17.9 Å². The number of hydrogen-bond donors (Lipinski definition) is 0. The average molecular weight is 373 g/mol. The van der Waals surface area contributed by atoms with Crippen molar-refractivity contribution >= 4 is 42.4 Å². The largest absolute Gasteiger partial charge is 0.443 e. The van der Waals surface area contributed by atoms with Crippen molar-refractivity contribution in [3.05, 3.63) is 53.2 Å². The molecule has 0 saturated carbocycles. The molecule has 114 valence electrons. The van der Waals surface area contributed by atoms with Crippen LogP contribution in [0.15, 0.2) is 58.1 Å². The molecule has 0 unspecified atom stereocenters. The average Bonchev–Trinajstić information content (AvgIpc) is 3.12. The lowest BCUT2D eigenvalue weighted by Crippen LogP contribution is -1.97. The summed E-state index contributed by atoms with van der Waals surface area (Å²) in [6.45, 7) is 0. The molecule has 0 aliphatic carbocycles. The van der Waals surface area contributed by atoms with Gasteiger partial charge in [0.2, 0.25) is 0 Å². The van der Waals surface area contributed by atoms with Crippen LogP contribution in [-0.2, 0) is 9.05 Å². The van der Waals surface area contributed by atoms with Crippen LogP contribution in [0.3, 0.4) is 0 Å². The third-order valence-corrected chi connectivity index (χ3v) is 5.44. The number of halogens is 1. The molecule has 8 heteroatoms. The number of rotatable bonds is 5. The minimum absolute atomic E-state index is 0.0772. The maximum atomic E-state index is 11.8. The van der Waals surface area contributed by atoms with Gasteiger partial charge in [-0.3, -0.25) is 0 Å². The van der Waals surface area contributed by atoms with Gasteiger partial charge in [-0.1, -0.05) is 6.07 Å². The minimum Gasteiger partial charge on any atom is -0.443 e. The molecule has 0 bridgehead atoms. The summed E-state index contributed by atoms with van der Waals surface area (Å²) in [5.74, 6) is 0.367. The van der Waals surface area contributed by atoms with Crippen LogP contribution in [0.1, 0.15) is 0 Å². The van der Waals surface area contributed by atoms with E-state index in [1.807, 2.05) is 16.8 Å². The van der Waals surface area contributed by atoms with Gasteiger partial charge in [0, 0.05) is 10.7 Å². The third kappa shape index (κ3) is 3.44. The molecule has 0 spiro atoms. The number of hydrogen-bond acceptors (Lipinski definition) is 6. The zero-order chi connectivity index (χ0) is 15.6. The molecule has 2 aromatic heterocycles. The van der Waals surface area contributed by atoms with E-state index in [1.165, 1.54) is 28.7 Å². The van der Waals surface area contributed by atoms with Crippen LogP contribution >= 0.6 is 33.4 Å². The molecule has 3 aromatic rings.